The van der Waals surface area contributed by atoms with Gasteiger partial charge in [-0.2, -0.15) is 14.9 Å². The largest absolute Gasteiger partial charge is 0.350 e. The van der Waals surface area contributed by atoms with Crippen molar-refractivity contribution in [1.82, 2.24) is 19.6 Å². The van der Waals surface area contributed by atoms with E-state index in [-0.39, 0.29) is 11.2 Å². The summed E-state index contributed by atoms with van der Waals surface area (Å²) in [5.41, 5.74) is 0.907. The number of hydrogen-bond donors (Lipinski definition) is 1. The molecule has 0 spiro atoms. The molecule has 0 fully saturated rings. The van der Waals surface area contributed by atoms with E-state index in [1.54, 1.807) is 6.07 Å². The van der Waals surface area contributed by atoms with Crippen LogP contribution in [-0.4, -0.2) is 19.6 Å². The molecule has 0 unspecified atom stereocenters. The lowest BCUT2D eigenvalue weighted by molar-refractivity contribution is 0.786. The van der Waals surface area contributed by atoms with Gasteiger partial charge in [-0.05, 0) is 11.6 Å². The van der Waals surface area contributed by atoms with Crippen LogP contribution in [0.25, 0.3) is 5.65 Å². The maximum Gasteiger partial charge on any atom is 0.350 e. The van der Waals surface area contributed by atoms with Gasteiger partial charge in [0.1, 0.15) is 11.6 Å². The van der Waals surface area contributed by atoms with Crippen LogP contribution in [0.15, 0.2) is 22.2 Å². The zero-order valence-electron chi connectivity index (χ0n) is 10.1. The van der Waals surface area contributed by atoms with Crippen molar-refractivity contribution in [3.05, 3.63) is 42.5 Å². The molecule has 3 rings (SSSR count). The van der Waals surface area contributed by atoms with Gasteiger partial charge in [-0.3, -0.25) is 4.98 Å². The summed E-state index contributed by atoms with van der Waals surface area (Å²) in [4.78, 5) is 18.7. The molecule has 3 aromatic rings. The highest BCUT2D eigenvalue weighted by Crippen LogP contribution is 2.34. The Morgan fingerprint density at radius 1 is 1.52 bits per heavy atom. The maximum absolute atomic E-state index is 11.8. The second-order valence-corrected chi connectivity index (χ2v) is 7.14. The summed E-state index contributed by atoms with van der Waals surface area (Å²) >= 11 is 14.5. The van der Waals surface area contributed by atoms with E-state index in [2.05, 4.69) is 15.1 Å². The van der Waals surface area contributed by atoms with Crippen molar-refractivity contribution in [3.63, 3.8) is 0 Å². The minimum absolute atomic E-state index is 0.234. The van der Waals surface area contributed by atoms with Crippen molar-refractivity contribution < 1.29 is 0 Å². The minimum atomic E-state index is -0.446. The highest BCUT2D eigenvalue weighted by atomic mass is 35.5. The lowest BCUT2D eigenvalue weighted by atomic mass is 10.4. The molecule has 106 valence electrons. The number of H-pyrrole nitrogens is 1. The molecule has 0 aliphatic carbocycles. The number of aromatic nitrogens is 4. The molecule has 0 radical (unpaired) electrons. The molecule has 3 aromatic heterocycles. The van der Waals surface area contributed by atoms with Gasteiger partial charge >= 0.3 is 5.69 Å². The molecule has 0 saturated heterocycles. The number of thioether (sulfide) groups is 1. The first-order valence-corrected chi connectivity index (χ1v) is 8.09. The number of nitrogens with one attached hydrogen (secondary N) is 1. The molecule has 21 heavy (non-hydrogen) atoms. The molecule has 0 aliphatic heterocycles. The summed E-state index contributed by atoms with van der Waals surface area (Å²) in [6.07, 6.45) is 1.31. The first-order valence-electron chi connectivity index (χ1n) is 5.53. The van der Waals surface area contributed by atoms with Crippen molar-refractivity contribution in [2.75, 3.05) is 0 Å². The highest BCUT2D eigenvalue weighted by Gasteiger charge is 2.12. The Morgan fingerprint density at radius 2 is 2.33 bits per heavy atom. The summed E-state index contributed by atoms with van der Waals surface area (Å²) in [6, 6.07) is 3.72. The predicted octanol–water partition coefficient (Wildman–Crippen LogP) is 2.95. The molecule has 3 heterocycles. The molecular weight excluding hydrogens is 353 g/mol. The van der Waals surface area contributed by atoms with Crippen LogP contribution >= 0.6 is 46.3 Å². The number of thiophene rings is 1. The van der Waals surface area contributed by atoms with Gasteiger partial charge in [0.2, 0.25) is 0 Å². The topological polar surface area (TPSA) is 86.8 Å². The maximum atomic E-state index is 11.8. The number of aromatic amines is 1. The Bertz CT molecular complexity index is 923. The summed E-state index contributed by atoms with van der Waals surface area (Å²) in [6.45, 7) is 0. The Kier molecular flexibility index (Phi) is 3.91. The van der Waals surface area contributed by atoms with Crippen LogP contribution < -0.4 is 5.69 Å². The molecule has 0 saturated carbocycles. The SMILES string of the molecule is N#Cc1cnn2c(=O)[nH]c(SCc3cc(Cl)sc3Cl)nc12. The van der Waals surface area contributed by atoms with Crippen LogP contribution in [0.5, 0.6) is 0 Å². The van der Waals surface area contributed by atoms with Crippen LogP contribution in [0, 0.1) is 11.3 Å². The molecule has 0 aromatic carbocycles. The number of halogens is 2. The molecule has 0 amide bonds. The summed E-state index contributed by atoms with van der Waals surface area (Å²) in [5.74, 6) is 0.511. The second-order valence-electron chi connectivity index (χ2n) is 3.89. The van der Waals surface area contributed by atoms with Crippen molar-refractivity contribution in [1.29, 1.82) is 5.26 Å². The third-order valence-electron chi connectivity index (χ3n) is 2.57. The average molecular weight is 358 g/mol. The van der Waals surface area contributed by atoms with Gasteiger partial charge in [0.05, 0.1) is 14.9 Å². The third kappa shape index (κ3) is 2.78. The van der Waals surface area contributed by atoms with E-state index >= 15 is 0 Å². The van der Waals surface area contributed by atoms with Gasteiger partial charge in [0, 0.05) is 5.75 Å². The Labute approximate surface area is 136 Å². The monoisotopic (exact) mass is 357 g/mol. The fourth-order valence-corrected chi connectivity index (χ4v) is 4.12. The third-order valence-corrected chi connectivity index (χ3v) is 5.06. The summed E-state index contributed by atoms with van der Waals surface area (Å²) < 4.78 is 2.27. The van der Waals surface area contributed by atoms with E-state index in [1.807, 2.05) is 6.07 Å². The highest BCUT2D eigenvalue weighted by molar-refractivity contribution is 7.98. The minimum Gasteiger partial charge on any atom is -0.285 e. The van der Waals surface area contributed by atoms with Crippen molar-refractivity contribution in [3.8, 4) is 6.07 Å². The molecule has 6 nitrogen and oxygen atoms in total. The number of fused-ring (bicyclic) bond motifs is 1. The van der Waals surface area contributed by atoms with Crippen molar-refractivity contribution in [2.45, 2.75) is 10.9 Å². The van der Waals surface area contributed by atoms with Gasteiger partial charge in [-0.15, -0.1) is 11.3 Å². The van der Waals surface area contributed by atoms with Gasteiger partial charge in [0.25, 0.3) is 0 Å². The lowest BCUT2D eigenvalue weighted by Crippen LogP contribution is -2.19. The van der Waals surface area contributed by atoms with E-state index in [0.717, 1.165) is 10.1 Å². The predicted molar refractivity (Wildman–Crippen MR) is 82.2 cm³/mol. The van der Waals surface area contributed by atoms with Crippen LogP contribution in [0.4, 0.5) is 0 Å². The zero-order chi connectivity index (χ0) is 15.0. The van der Waals surface area contributed by atoms with E-state index in [1.165, 1.54) is 29.3 Å². The first kappa shape index (κ1) is 14.4. The average Bonchev–Trinajstić information content (AvgIpc) is 2.99. The van der Waals surface area contributed by atoms with Gasteiger partial charge in [0.15, 0.2) is 10.8 Å². The quantitative estimate of drug-likeness (QED) is 0.728. The van der Waals surface area contributed by atoms with Gasteiger partial charge in [-0.1, -0.05) is 35.0 Å². The van der Waals surface area contributed by atoms with Crippen LogP contribution in [0.2, 0.25) is 8.67 Å². The number of nitriles is 1. The van der Waals surface area contributed by atoms with E-state index in [4.69, 9.17) is 28.5 Å². The molecular formula is C11H5Cl2N5OS2. The summed E-state index contributed by atoms with van der Waals surface area (Å²) in [5, 5.41) is 13.2. The smallest absolute Gasteiger partial charge is 0.285 e. The molecule has 10 heteroatoms. The van der Waals surface area contributed by atoms with Crippen molar-refractivity contribution >= 4 is 51.9 Å². The number of hydrogen-bond acceptors (Lipinski definition) is 6. The van der Waals surface area contributed by atoms with E-state index < -0.39 is 5.69 Å². The molecule has 0 bridgehead atoms. The lowest BCUT2D eigenvalue weighted by Gasteiger charge is -2.00. The Hall–Kier alpha value is -1.53. The Morgan fingerprint density at radius 3 is 3.00 bits per heavy atom. The summed E-state index contributed by atoms with van der Waals surface area (Å²) in [7, 11) is 0. The fraction of sp³-hybridized carbons (Fsp3) is 0.0909. The van der Waals surface area contributed by atoms with Crippen molar-refractivity contribution in [2.24, 2.45) is 0 Å². The molecule has 1 N–H and O–H groups in total. The normalized spacial score (nSPS) is 10.9. The molecule has 0 atom stereocenters. The van der Waals surface area contributed by atoms with Crippen LogP contribution in [-0.2, 0) is 5.75 Å². The first-order chi connectivity index (χ1) is 10.1. The molecule has 0 aliphatic rings. The number of nitrogens with zero attached hydrogens (tertiary/aromatic N) is 4. The zero-order valence-corrected chi connectivity index (χ0v) is 13.3. The van der Waals surface area contributed by atoms with Crippen LogP contribution in [0.1, 0.15) is 11.1 Å². The number of rotatable bonds is 3. The van der Waals surface area contributed by atoms with E-state index in [0.29, 0.717) is 19.6 Å². The van der Waals surface area contributed by atoms with Crippen LogP contribution in [0.3, 0.4) is 0 Å². The Balaban J connectivity index is 1.92. The fourth-order valence-electron chi connectivity index (χ4n) is 1.63. The van der Waals surface area contributed by atoms with Gasteiger partial charge in [-0.25, -0.2) is 9.78 Å². The van der Waals surface area contributed by atoms with E-state index in [9.17, 15) is 4.79 Å². The standard InChI is InChI=1S/C11H5Cl2N5OS2/c12-7-1-5(8(13)21-7)4-20-10-16-9-6(2-14)3-15-18(9)11(19)17-10/h1,3H,4H2,(H,16,17,19). The second kappa shape index (κ2) is 5.69. The van der Waals surface area contributed by atoms with Gasteiger partial charge < -0.3 is 0 Å².